The topological polar surface area (TPSA) is 54.7 Å². The number of aromatic nitrogens is 3. The summed E-state index contributed by atoms with van der Waals surface area (Å²) in [6.07, 6.45) is 3.56. The van der Waals surface area contributed by atoms with Crippen LogP contribution in [-0.2, 0) is 5.75 Å². The first-order valence-corrected chi connectivity index (χ1v) is 5.30. The van der Waals surface area contributed by atoms with Crippen LogP contribution >= 0.6 is 11.8 Å². The third kappa shape index (κ3) is 1.82. The van der Waals surface area contributed by atoms with Crippen LogP contribution < -0.4 is 0 Å². The van der Waals surface area contributed by atoms with E-state index < -0.39 is 0 Å². The molecule has 4 nitrogen and oxygen atoms in total. The molecule has 5 heteroatoms. The van der Waals surface area contributed by atoms with Gasteiger partial charge in [-0.15, -0.1) is 0 Å². The van der Waals surface area contributed by atoms with Gasteiger partial charge in [-0.2, -0.15) is 0 Å². The highest BCUT2D eigenvalue weighted by Crippen LogP contribution is 2.23. The SMILES string of the molecule is Cc1noc(C)c1CSc1ncc[nH]1. The van der Waals surface area contributed by atoms with Gasteiger partial charge >= 0.3 is 0 Å². The number of nitrogens with one attached hydrogen (secondary N) is 1. The molecule has 0 bridgehead atoms. The number of aryl methyl sites for hydroxylation is 2. The van der Waals surface area contributed by atoms with Crippen LogP contribution in [0, 0.1) is 13.8 Å². The minimum atomic E-state index is 0.842. The van der Waals surface area contributed by atoms with E-state index in [0.717, 1.165) is 27.9 Å². The minimum Gasteiger partial charge on any atom is -0.361 e. The van der Waals surface area contributed by atoms with Crippen LogP contribution in [0.4, 0.5) is 0 Å². The fourth-order valence-corrected chi connectivity index (χ4v) is 2.16. The van der Waals surface area contributed by atoms with E-state index in [9.17, 15) is 0 Å². The Labute approximate surface area is 86.1 Å². The van der Waals surface area contributed by atoms with Crippen molar-refractivity contribution >= 4 is 11.8 Å². The molecule has 2 rings (SSSR count). The molecule has 14 heavy (non-hydrogen) atoms. The van der Waals surface area contributed by atoms with Gasteiger partial charge in [0.05, 0.1) is 5.69 Å². The van der Waals surface area contributed by atoms with Crippen LogP contribution in [0.3, 0.4) is 0 Å². The van der Waals surface area contributed by atoms with Crippen LogP contribution in [0.1, 0.15) is 17.0 Å². The Balaban J connectivity index is 2.05. The van der Waals surface area contributed by atoms with E-state index in [4.69, 9.17) is 4.52 Å². The number of imidazole rings is 1. The molecule has 0 aliphatic carbocycles. The fourth-order valence-electron chi connectivity index (χ4n) is 1.18. The monoisotopic (exact) mass is 209 g/mol. The van der Waals surface area contributed by atoms with Crippen molar-refractivity contribution in [3.63, 3.8) is 0 Å². The Hall–Kier alpha value is -1.23. The van der Waals surface area contributed by atoms with E-state index >= 15 is 0 Å². The molecule has 74 valence electrons. The standard InChI is InChI=1S/C9H11N3OS/c1-6-8(7(2)13-12-6)5-14-9-10-3-4-11-9/h3-4H,5H2,1-2H3,(H,10,11). The molecule has 0 unspecified atom stereocenters. The first kappa shape index (κ1) is 9.33. The molecule has 0 aliphatic heterocycles. The summed E-state index contributed by atoms with van der Waals surface area (Å²) in [5.74, 6) is 1.73. The lowest BCUT2D eigenvalue weighted by Crippen LogP contribution is -1.85. The summed E-state index contributed by atoms with van der Waals surface area (Å²) in [6, 6.07) is 0. The molecule has 0 atom stereocenters. The first-order valence-electron chi connectivity index (χ1n) is 4.31. The molecule has 0 amide bonds. The van der Waals surface area contributed by atoms with E-state index in [1.54, 1.807) is 18.0 Å². The Morgan fingerprint density at radius 3 is 2.93 bits per heavy atom. The van der Waals surface area contributed by atoms with Crippen molar-refractivity contribution in [3.8, 4) is 0 Å². The van der Waals surface area contributed by atoms with E-state index in [-0.39, 0.29) is 0 Å². The molecule has 0 saturated heterocycles. The van der Waals surface area contributed by atoms with E-state index in [1.165, 1.54) is 0 Å². The summed E-state index contributed by atoms with van der Waals surface area (Å²) in [5.41, 5.74) is 2.12. The fraction of sp³-hybridized carbons (Fsp3) is 0.333. The molecular formula is C9H11N3OS. The predicted octanol–water partition coefficient (Wildman–Crippen LogP) is 2.31. The maximum Gasteiger partial charge on any atom is 0.165 e. The zero-order valence-electron chi connectivity index (χ0n) is 8.07. The van der Waals surface area contributed by atoms with Crippen LogP contribution in [0.15, 0.2) is 22.1 Å². The number of rotatable bonds is 3. The second-order valence-electron chi connectivity index (χ2n) is 2.99. The number of nitrogens with zero attached hydrogens (tertiary/aromatic N) is 2. The second-order valence-corrected chi connectivity index (χ2v) is 3.95. The van der Waals surface area contributed by atoms with E-state index in [2.05, 4.69) is 15.1 Å². The Bertz CT molecular complexity index is 388. The molecule has 0 radical (unpaired) electrons. The van der Waals surface area contributed by atoms with Crippen molar-refractivity contribution in [3.05, 3.63) is 29.4 Å². The van der Waals surface area contributed by atoms with Crippen molar-refractivity contribution in [1.29, 1.82) is 0 Å². The smallest absolute Gasteiger partial charge is 0.165 e. The molecule has 2 aromatic rings. The lowest BCUT2D eigenvalue weighted by molar-refractivity contribution is 0.392. The van der Waals surface area contributed by atoms with Gasteiger partial charge in [0, 0.05) is 23.7 Å². The summed E-state index contributed by atoms with van der Waals surface area (Å²) in [4.78, 5) is 7.17. The average Bonchev–Trinajstić information content (AvgIpc) is 2.76. The minimum absolute atomic E-state index is 0.842. The summed E-state index contributed by atoms with van der Waals surface area (Å²) in [5, 5.41) is 4.82. The summed E-state index contributed by atoms with van der Waals surface area (Å²) in [6.45, 7) is 3.88. The number of aromatic amines is 1. The number of hydrogen-bond acceptors (Lipinski definition) is 4. The molecular weight excluding hydrogens is 198 g/mol. The summed E-state index contributed by atoms with van der Waals surface area (Å²) < 4.78 is 5.07. The van der Waals surface area contributed by atoms with Crippen LogP contribution in [-0.4, -0.2) is 15.1 Å². The molecule has 2 aromatic heterocycles. The van der Waals surface area contributed by atoms with Gasteiger partial charge < -0.3 is 9.51 Å². The largest absolute Gasteiger partial charge is 0.361 e. The van der Waals surface area contributed by atoms with Gasteiger partial charge in [0.2, 0.25) is 0 Å². The quantitative estimate of drug-likeness (QED) is 0.788. The first-order chi connectivity index (χ1) is 6.77. The van der Waals surface area contributed by atoms with Crippen LogP contribution in [0.25, 0.3) is 0 Å². The van der Waals surface area contributed by atoms with Gasteiger partial charge in [0.25, 0.3) is 0 Å². The highest BCUT2D eigenvalue weighted by molar-refractivity contribution is 7.98. The Kier molecular flexibility index (Phi) is 2.58. The second kappa shape index (κ2) is 3.88. The predicted molar refractivity (Wildman–Crippen MR) is 54.1 cm³/mol. The number of H-pyrrole nitrogens is 1. The van der Waals surface area contributed by atoms with Gasteiger partial charge in [-0.25, -0.2) is 4.98 Å². The van der Waals surface area contributed by atoms with Gasteiger partial charge in [-0.3, -0.25) is 0 Å². The number of thioether (sulfide) groups is 1. The van der Waals surface area contributed by atoms with Crippen molar-refractivity contribution in [2.24, 2.45) is 0 Å². The maximum atomic E-state index is 5.07. The number of hydrogen-bond donors (Lipinski definition) is 1. The van der Waals surface area contributed by atoms with Gasteiger partial charge in [-0.05, 0) is 13.8 Å². The van der Waals surface area contributed by atoms with E-state index in [1.807, 2.05) is 20.0 Å². The molecule has 0 fully saturated rings. The molecule has 0 aromatic carbocycles. The average molecular weight is 209 g/mol. The molecule has 0 aliphatic rings. The highest BCUT2D eigenvalue weighted by atomic mass is 32.2. The van der Waals surface area contributed by atoms with Gasteiger partial charge in [-0.1, -0.05) is 16.9 Å². The van der Waals surface area contributed by atoms with Crippen molar-refractivity contribution in [2.45, 2.75) is 24.8 Å². The molecule has 1 N–H and O–H groups in total. The zero-order valence-corrected chi connectivity index (χ0v) is 8.89. The Morgan fingerprint density at radius 1 is 1.50 bits per heavy atom. The van der Waals surface area contributed by atoms with Gasteiger partial charge in [0.15, 0.2) is 5.16 Å². The van der Waals surface area contributed by atoms with E-state index in [0.29, 0.717) is 0 Å². The molecule has 0 saturated carbocycles. The Morgan fingerprint density at radius 2 is 2.36 bits per heavy atom. The van der Waals surface area contributed by atoms with Crippen molar-refractivity contribution < 1.29 is 4.52 Å². The summed E-state index contributed by atoms with van der Waals surface area (Å²) >= 11 is 1.65. The van der Waals surface area contributed by atoms with Crippen molar-refractivity contribution in [2.75, 3.05) is 0 Å². The molecule has 0 spiro atoms. The third-order valence-corrected chi connectivity index (χ3v) is 2.94. The van der Waals surface area contributed by atoms with Crippen LogP contribution in [0.5, 0.6) is 0 Å². The lowest BCUT2D eigenvalue weighted by atomic mass is 10.2. The normalized spacial score (nSPS) is 10.7. The lowest BCUT2D eigenvalue weighted by Gasteiger charge is -1.96. The van der Waals surface area contributed by atoms with Crippen molar-refractivity contribution in [1.82, 2.24) is 15.1 Å². The third-order valence-electron chi connectivity index (χ3n) is 2.01. The molecule has 2 heterocycles. The van der Waals surface area contributed by atoms with Crippen LogP contribution in [0.2, 0.25) is 0 Å². The maximum absolute atomic E-state index is 5.07. The zero-order chi connectivity index (χ0) is 9.97. The summed E-state index contributed by atoms with van der Waals surface area (Å²) in [7, 11) is 0. The van der Waals surface area contributed by atoms with Gasteiger partial charge in [0.1, 0.15) is 5.76 Å². The highest BCUT2D eigenvalue weighted by Gasteiger charge is 2.09.